The molecule has 0 spiro atoms. The van der Waals surface area contributed by atoms with E-state index in [-0.39, 0.29) is 0 Å². The highest BCUT2D eigenvalue weighted by Crippen LogP contribution is 2.13. The van der Waals surface area contributed by atoms with Crippen molar-refractivity contribution in [3.05, 3.63) is 5.82 Å². The number of nitrogens with one attached hydrogen (secondary N) is 1. The normalized spacial score (nSPS) is 12.5. The third kappa shape index (κ3) is 1.73. The maximum Gasteiger partial charge on any atom is 0.418 e. The lowest BCUT2D eigenvalue weighted by molar-refractivity contribution is 0.166. The van der Waals surface area contributed by atoms with E-state index in [2.05, 4.69) is 25.4 Å². The Labute approximate surface area is 62.9 Å². The molecule has 0 fully saturated rings. The summed E-state index contributed by atoms with van der Waals surface area (Å²) in [5, 5.41) is 12.8. The van der Waals surface area contributed by atoms with Gasteiger partial charge in [-0.3, -0.25) is 0 Å². The van der Waals surface area contributed by atoms with Crippen molar-refractivity contribution in [2.24, 2.45) is 0 Å². The van der Waals surface area contributed by atoms with E-state index in [4.69, 9.17) is 0 Å². The van der Waals surface area contributed by atoms with E-state index >= 15 is 0 Å². The Hall–Kier alpha value is -1.46. The van der Waals surface area contributed by atoms with Crippen molar-refractivity contribution in [1.29, 1.82) is 0 Å². The van der Waals surface area contributed by atoms with Gasteiger partial charge in [-0.2, -0.15) is 0 Å². The summed E-state index contributed by atoms with van der Waals surface area (Å²) in [6.07, 6.45) is 0.203. The van der Waals surface area contributed by atoms with Crippen LogP contribution in [0.1, 0.15) is 25.3 Å². The molecular weight excluding hydrogens is 148 g/mol. The van der Waals surface area contributed by atoms with Crippen LogP contribution in [0.5, 0.6) is 0 Å². The van der Waals surface area contributed by atoms with Gasteiger partial charge in [0, 0.05) is 0 Å². The maximum atomic E-state index is 9.84. The Morgan fingerprint density at radius 3 is 3.09 bits per heavy atom. The number of H-pyrrole nitrogens is 1. The van der Waals surface area contributed by atoms with Gasteiger partial charge in [-0.1, -0.05) is 6.92 Å². The molecule has 0 aliphatic carbocycles. The zero-order valence-electron chi connectivity index (χ0n) is 5.94. The fourth-order valence-corrected chi connectivity index (χ4v) is 0.693. The molecule has 0 amide bonds. The van der Waals surface area contributed by atoms with Crippen LogP contribution in [0.3, 0.4) is 0 Å². The van der Waals surface area contributed by atoms with Gasteiger partial charge in [0.25, 0.3) is 0 Å². The van der Waals surface area contributed by atoms with E-state index in [1.807, 2.05) is 6.92 Å². The van der Waals surface area contributed by atoms with Crippen molar-refractivity contribution in [3.63, 3.8) is 0 Å². The minimum absolute atomic E-state index is 0.414. The molecule has 1 aromatic rings. The number of rotatable bonds is 4. The van der Waals surface area contributed by atoms with Gasteiger partial charge < -0.3 is 4.74 Å². The molecule has 11 heavy (non-hydrogen) atoms. The summed E-state index contributed by atoms with van der Waals surface area (Å²) in [5.41, 5.74) is 0. The molecule has 1 unspecified atom stereocenters. The second-order valence-corrected chi connectivity index (χ2v) is 1.88. The third-order valence-electron chi connectivity index (χ3n) is 1.23. The van der Waals surface area contributed by atoms with E-state index in [1.165, 1.54) is 6.47 Å². The van der Waals surface area contributed by atoms with Gasteiger partial charge in [-0.15, -0.1) is 5.10 Å². The molecule has 0 aromatic carbocycles. The number of hydrogen-bond donors (Lipinski definition) is 1. The SMILES string of the molecule is CCC(O[C]=O)c1nnn[nH]1. The van der Waals surface area contributed by atoms with Crippen molar-refractivity contribution in [2.45, 2.75) is 19.4 Å². The Balaban J connectivity index is 2.62. The lowest BCUT2D eigenvalue weighted by Crippen LogP contribution is -2.03. The van der Waals surface area contributed by atoms with Gasteiger partial charge in [0.2, 0.25) is 0 Å². The predicted octanol–water partition coefficient (Wildman–Crippen LogP) is -0.265. The molecule has 0 saturated carbocycles. The van der Waals surface area contributed by atoms with E-state index in [0.29, 0.717) is 12.2 Å². The molecule has 1 atom stereocenters. The Morgan fingerprint density at radius 1 is 1.82 bits per heavy atom. The maximum absolute atomic E-state index is 9.84. The van der Waals surface area contributed by atoms with Crippen molar-refractivity contribution >= 4 is 6.47 Å². The molecule has 0 saturated heterocycles. The zero-order valence-corrected chi connectivity index (χ0v) is 5.94. The first-order chi connectivity index (χ1) is 5.38. The number of aromatic nitrogens is 4. The molecule has 1 rings (SSSR count). The number of tetrazole rings is 1. The largest absolute Gasteiger partial charge is 0.446 e. The number of hydrogen-bond acceptors (Lipinski definition) is 5. The van der Waals surface area contributed by atoms with Crippen LogP contribution in [0, 0.1) is 0 Å². The average molecular weight is 155 g/mol. The average Bonchev–Trinajstić information content (AvgIpc) is 2.52. The van der Waals surface area contributed by atoms with Gasteiger partial charge in [0.05, 0.1) is 0 Å². The Kier molecular flexibility index (Phi) is 2.53. The highest BCUT2D eigenvalue weighted by atomic mass is 16.5. The Bertz CT molecular complexity index is 210. The molecule has 6 nitrogen and oxygen atoms in total. The summed E-state index contributed by atoms with van der Waals surface area (Å²) in [6, 6.07) is 0. The topological polar surface area (TPSA) is 80.8 Å². The second-order valence-electron chi connectivity index (χ2n) is 1.88. The summed E-state index contributed by atoms with van der Waals surface area (Å²) in [4.78, 5) is 9.84. The minimum atomic E-state index is -0.414. The first-order valence-electron chi connectivity index (χ1n) is 3.15. The predicted molar refractivity (Wildman–Crippen MR) is 34.0 cm³/mol. The molecule has 59 valence electrons. The van der Waals surface area contributed by atoms with Crippen LogP contribution < -0.4 is 0 Å². The molecule has 0 bridgehead atoms. The number of nitrogens with zero attached hydrogens (tertiary/aromatic N) is 3. The van der Waals surface area contributed by atoms with Gasteiger partial charge >= 0.3 is 6.47 Å². The van der Waals surface area contributed by atoms with Gasteiger partial charge in [0.1, 0.15) is 0 Å². The van der Waals surface area contributed by atoms with Gasteiger partial charge in [-0.25, -0.2) is 9.89 Å². The fraction of sp³-hybridized carbons (Fsp3) is 0.600. The smallest absolute Gasteiger partial charge is 0.418 e. The van der Waals surface area contributed by atoms with Crippen LogP contribution in [0.15, 0.2) is 0 Å². The highest BCUT2D eigenvalue weighted by Gasteiger charge is 2.13. The third-order valence-corrected chi connectivity index (χ3v) is 1.23. The van der Waals surface area contributed by atoms with Gasteiger partial charge in [0.15, 0.2) is 11.9 Å². The monoisotopic (exact) mass is 155 g/mol. The molecule has 1 aromatic heterocycles. The van der Waals surface area contributed by atoms with Crippen LogP contribution >= 0.6 is 0 Å². The number of ether oxygens (including phenoxy) is 1. The van der Waals surface area contributed by atoms with Crippen molar-refractivity contribution in [3.8, 4) is 0 Å². The van der Waals surface area contributed by atoms with Crippen molar-refractivity contribution in [2.75, 3.05) is 0 Å². The lowest BCUT2D eigenvalue weighted by Gasteiger charge is -2.05. The number of aromatic amines is 1. The van der Waals surface area contributed by atoms with Crippen molar-refractivity contribution in [1.82, 2.24) is 20.6 Å². The molecular formula is C5H7N4O2. The summed E-state index contributed by atoms with van der Waals surface area (Å²) < 4.78 is 4.56. The summed E-state index contributed by atoms with van der Waals surface area (Å²) >= 11 is 0. The molecule has 6 heteroatoms. The van der Waals surface area contributed by atoms with Crippen LogP contribution in [-0.2, 0) is 9.53 Å². The first kappa shape index (κ1) is 7.64. The van der Waals surface area contributed by atoms with Crippen LogP contribution in [-0.4, -0.2) is 27.1 Å². The molecule has 1 radical (unpaired) electrons. The standard InChI is InChI=1S/C5H7N4O2/c1-2-4(11-3-10)5-6-8-9-7-5/h4H,2H2,1H3,(H,6,7,8,9). The quantitative estimate of drug-likeness (QED) is 0.647. The van der Waals surface area contributed by atoms with E-state index in [9.17, 15) is 4.79 Å². The van der Waals surface area contributed by atoms with E-state index in [1.54, 1.807) is 0 Å². The molecule has 0 aliphatic heterocycles. The summed E-state index contributed by atoms with van der Waals surface area (Å²) in [6.45, 7) is 3.19. The van der Waals surface area contributed by atoms with Crippen LogP contribution in [0.4, 0.5) is 0 Å². The minimum Gasteiger partial charge on any atom is -0.446 e. The first-order valence-corrected chi connectivity index (χ1v) is 3.15. The second kappa shape index (κ2) is 3.65. The van der Waals surface area contributed by atoms with Crippen molar-refractivity contribution < 1.29 is 9.53 Å². The van der Waals surface area contributed by atoms with Crippen LogP contribution in [0.2, 0.25) is 0 Å². The van der Waals surface area contributed by atoms with Crippen LogP contribution in [0.25, 0.3) is 0 Å². The summed E-state index contributed by atoms with van der Waals surface area (Å²) in [7, 11) is 0. The summed E-state index contributed by atoms with van der Waals surface area (Å²) in [5.74, 6) is 0.441. The fourth-order valence-electron chi connectivity index (χ4n) is 0.693. The van der Waals surface area contributed by atoms with E-state index < -0.39 is 6.10 Å². The lowest BCUT2D eigenvalue weighted by atomic mass is 10.3. The highest BCUT2D eigenvalue weighted by molar-refractivity contribution is 5.38. The van der Waals surface area contributed by atoms with Gasteiger partial charge in [-0.05, 0) is 16.8 Å². The molecule has 1 heterocycles. The molecule has 1 N–H and O–H groups in total. The zero-order chi connectivity index (χ0) is 8.10. The van der Waals surface area contributed by atoms with E-state index in [0.717, 1.165) is 0 Å². The number of carbonyl (C=O) groups excluding carboxylic acids is 1. The Morgan fingerprint density at radius 2 is 2.64 bits per heavy atom. The molecule has 0 aliphatic rings.